The smallest absolute Gasteiger partial charge is 0.251 e. The summed E-state index contributed by atoms with van der Waals surface area (Å²) >= 11 is 7.66. The Morgan fingerprint density at radius 2 is 2.22 bits per heavy atom. The van der Waals surface area contributed by atoms with Gasteiger partial charge in [0.2, 0.25) is 0 Å². The van der Waals surface area contributed by atoms with E-state index in [2.05, 4.69) is 15.6 Å². The molecule has 4 nitrogen and oxygen atoms in total. The van der Waals surface area contributed by atoms with Gasteiger partial charge in [0.05, 0.1) is 5.03 Å². The highest BCUT2D eigenvalue weighted by atomic mass is 35.5. The van der Waals surface area contributed by atoms with Gasteiger partial charge in [-0.1, -0.05) is 11.6 Å². The first kappa shape index (κ1) is 13.6. The molecule has 2 heterocycles. The Morgan fingerprint density at radius 1 is 1.50 bits per heavy atom. The zero-order valence-corrected chi connectivity index (χ0v) is 11.8. The van der Waals surface area contributed by atoms with Gasteiger partial charge in [0, 0.05) is 17.9 Å². The number of halogens is 1. The van der Waals surface area contributed by atoms with E-state index in [-0.39, 0.29) is 5.91 Å². The van der Waals surface area contributed by atoms with Crippen molar-refractivity contribution in [2.24, 2.45) is 0 Å². The van der Waals surface area contributed by atoms with Crippen LogP contribution < -0.4 is 10.6 Å². The van der Waals surface area contributed by atoms with Gasteiger partial charge >= 0.3 is 0 Å². The van der Waals surface area contributed by atoms with Gasteiger partial charge in [-0.2, -0.15) is 0 Å². The molecule has 0 bridgehead atoms. The predicted octanol–water partition coefficient (Wildman–Crippen LogP) is 1.94. The van der Waals surface area contributed by atoms with Crippen LogP contribution in [0, 0.1) is 0 Å². The Hall–Kier alpha value is -0.780. The number of nitrogens with zero attached hydrogens (tertiary/aromatic N) is 1. The molecule has 6 heteroatoms. The lowest BCUT2D eigenvalue weighted by Crippen LogP contribution is -2.29. The van der Waals surface area contributed by atoms with E-state index in [0.29, 0.717) is 16.0 Å². The molecule has 0 aliphatic carbocycles. The highest BCUT2D eigenvalue weighted by Gasteiger charge is 2.16. The maximum atomic E-state index is 11.6. The van der Waals surface area contributed by atoms with Gasteiger partial charge in [-0.15, -0.1) is 11.8 Å². The fourth-order valence-electron chi connectivity index (χ4n) is 1.89. The summed E-state index contributed by atoms with van der Waals surface area (Å²) in [5.41, 5.74) is 0.564. The molecule has 0 atom stereocenters. The molecular formula is C12H16ClN3OS. The molecular weight excluding hydrogens is 270 g/mol. The normalized spacial score (nSPS) is 16.6. The zero-order valence-electron chi connectivity index (χ0n) is 10.2. The number of rotatable bonds is 3. The molecule has 98 valence electrons. The van der Waals surface area contributed by atoms with Crippen LogP contribution in [0.3, 0.4) is 0 Å². The van der Waals surface area contributed by atoms with E-state index >= 15 is 0 Å². The number of amides is 1. The van der Waals surface area contributed by atoms with Gasteiger partial charge in [-0.05, 0) is 38.1 Å². The van der Waals surface area contributed by atoms with Gasteiger partial charge in [-0.3, -0.25) is 4.79 Å². The largest absolute Gasteiger partial charge is 0.355 e. The van der Waals surface area contributed by atoms with E-state index in [1.54, 1.807) is 30.9 Å². The van der Waals surface area contributed by atoms with Crippen LogP contribution in [-0.2, 0) is 0 Å². The summed E-state index contributed by atoms with van der Waals surface area (Å²) in [5.74, 6) is -0.133. The molecule has 0 saturated carbocycles. The van der Waals surface area contributed by atoms with Crippen LogP contribution in [0.4, 0.5) is 0 Å². The van der Waals surface area contributed by atoms with Crippen LogP contribution in [0.25, 0.3) is 0 Å². The van der Waals surface area contributed by atoms with E-state index in [0.717, 1.165) is 31.0 Å². The molecule has 0 radical (unpaired) electrons. The third-order valence-electron chi connectivity index (χ3n) is 2.83. The summed E-state index contributed by atoms with van der Waals surface area (Å²) < 4.78 is 0. The molecule has 1 fully saturated rings. The maximum absolute atomic E-state index is 11.6. The van der Waals surface area contributed by atoms with Crippen LogP contribution in [0.5, 0.6) is 0 Å². The fourth-order valence-corrected chi connectivity index (χ4v) is 3.31. The molecule has 1 aromatic heterocycles. The maximum Gasteiger partial charge on any atom is 0.251 e. The first-order valence-electron chi connectivity index (χ1n) is 5.96. The second-order valence-electron chi connectivity index (χ2n) is 4.16. The number of carbonyl (C=O) groups excluding carboxylic acids is 1. The van der Waals surface area contributed by atoms with Crippen molar-refractivity contribution in [2.45, 2.75) is 23.1 Å². The molecule has 2 N–H and O–H groups in total. The lowest BCUT2D eigenvalue weighted by Gasteiger charge is -2.21. The van der Waals surface area contributed by atoms with Crippen LogP contribution >= 0.6 is 23.4 Å². The monoisotopic (exact) mass is 285 g/mol. The van der Waals surface area contributed by atoms with Gasteiger partial charge in [0.15, 0.2) is 0 Å². The Balaban J connectivity index is 2.11. The van der Waals surface area contributed by atoms with Crippen molar-refractivity contribution in [1.82, 2.24) is 15.6 Å². The van der Waals surface area contributed by atoms with Crippen molar-refractivity contribution in [3.8, 4) is 0 Å². The Morgan fingerprint density at radius 3 is 2.89 bits per heavy atom. The number of hydrogen-bond acceptors (Lipinski definition) is 4. The first-order valence-corrected chi connectivity index (χ1v) is 7.22. The second kappa shape index (κ2) is 6.41. The number of hydrogen-bond donors (Lipinski definition) is 2. The SMILES string of the molecule is CNC(=O)c1cc(Cl)nc(SC2CCNCC2)c1. The summed E-state index contributed by atoms with van der Waals surface area (Å²) in [6.07, 6.45) is 2.24. The second-order valence-corrected chi connectivity index (χ2v) is 5.87. The topological polar surface area (TPSA) is 54.0 Å². The summed E-state index contributed by atoms with van der Waals surface area (Å²) in [7, 11) is 1.61. The van der Waals surface area contributed by atoms with Crippen molar-refractivity contribution in [2.75, 3.05) is 20.1 Å². The molecule has 1 aliphatic rings. The van der Waals surface area contributed by atoms with Crippen molar-refractivity contribution in [3.63, 3.8) is 0 Å². The number of aromatic nitrogens is 1. The molecule has 1 saturated heterocycles. The molecule has 0 aromatic carbocycles. The van der Waals surface area contributed by atoms with Crippen molar-refractivity contribution in [3.05, 3.63) is 22.8 Å². The van der Waals surface area contributed by atoms with Crippen LogP contribution in [0.15, 0.2) is 17.2 Å². The standard InChI is InChI=1S/C12H16ClN3OS/c1-14-12(17)8-6-10(13)16-11(7-8)18-9-2-4-15-5-3-9/h6-7,9,15H,2-5H2,1H3,(H,14,17). The van der Waals surface area contributed by atoms with Crippen LogP contribution in [-0.4, -0.2) is 36.3 Å². The molecule has 1 aliphatic heterocycles. The van der Waals surface area contributed by atoms with E-state index in [4.69, 9.17) is 11.6 Å². The highest BCUT2D eigenvalue weighted by Crippen LogP contribution is 2.29. The molecule has 18 heavy (non-hydrogen) atoms. The average Bonchev–Trinajstić information content (AvgIpc) is 2.38. The summed E-state index contributed by atoms with van der Waals surface area (Å²) in [6, 6.07) is 3.39. The lowest BCUT2D eigenvalue weighted by atomic mass is 10.2. The first-order chi connectivity index (χ1) is 8.69. The van der Waals surface area contributed by atoms with Gasteiger partial charge < -0.3 is 10.6 Å². The van der Waals surface area contributed by atoms with E-state index in [9.17, 15) is 4.79 Å². The van der Waals surface area contributed by atoms with Crippen LogP contribution in [0.1, 0.15) is 23.2 Å². The minimum absolute atomic E-state index is 0.133. The number of pyridine rings is 1. The molecule has 2 rings (SSSR count). The third-order valence-corrected chi connectivity index (χ3v) is 4.28. The average molecular weight is 286 g/mol. The van der Waals surface area contributed by atoms with E-state index in [1.807, 2.05) is 0 Å². The molecule has 0 spiro atoms. The van der Waals surface area contributed by atoms with E-state index in [1.165, 1.54) is 0 Å². The van der Waals surface area contributed by atoms with Crippen LogP contribution in [0.2, 0.25) is 5.15 Å². The van der Waals surface area contributed by atoms with E-state index < -0.39 is 0 Å². The molecule has 1 amide bonds. The quantitative estimate of drug-likeness (QED) is 0.834. The number of thioether (sulfide) groups is 1. The van der Waals surface area contributed by atoms with Crippen molar-refractivity contribution < 1.29 is 4.79 Å². The van der Waals surface area contributed by atoms with Crippen molar-refractivity contribution >= 4 is 29.3 Å². The lowest BCUT2D eigenvalue weighted by molar-refractivity contribution is 0.0962. The Labute approximate surface area is 116 Å². The van der Waals surface area contributed by atoms with Gasteiger partial charge in [0.25, 0.3) is 5.91 Å². The Kier molecular flexibility index (Phi) is 4.86. The number of carbonyl (C=O) groups is 1. The molecule has 0 unspecified atom stereocenters. The summed E-state index contributed by atoms with van der Waals surface area (Å²) in [6.45, 7) is 2.08. The summed E-state index contributed by atoms with van der Waals surface area (Å²) in [4.78, 5) is 15.9. The van der Waals surface area contributed by atoms with Gasteiger partial charge in [-0.25, -0.2) is 4.98 Å². The number of piperidine rings is 1. The minimum Gasteiger partial charge on any atom is -0.355 e. The third kappa shape index (κ3) is 3.60. The fraction of sp³-hybridized carbons (Fsp3) is 0.500. The summed E-state index contributed by atoms with van der Waals surface area (Å²) in [5, 5.41) is 7.67. The molecule has 1 aromatic rings. The van der Waals surface area contributed by atoms with Crippen molar-refractivity contribution in [1.29, 1.82) is 0 Å². The van der Waals surface area contributed by atoms with Gasteiger partial charge in [0.1, 0.15) is 5.15 Å². The Bertz CT molecular complexity index is 435. The predicted molar refractivity (Wildman–Crippen MR) is 74.4 cm³/mol. The minimum atomic E-state index is -0.133. The zero-order chi connectivity index (χ0) is 13.0. The number of nitrogens with one attached hydrogen (secondary N) is 2. The highest BCUT2D eigenvalue weighted by molar-refractivity contribution is 7.99.